The third-order valence-electron chi connectivity index (χ3n) is 2.59. The Hall–Kier alpha value is -1.80. The van der Waals surface area contributed by atoms with Crippen molar-refractivity contribution in [2.75, 3.05) is 5.32 Å². The fraction of sp³-hybridized carbons (Fsp3) is 0. The molecule has 0 saturated carbocycles. The molecule has 8 heteroatoms. The summed E-state index contributed by atoms with van der Waals surface area (Å²) in [5.41, 5.74) is -0.188. The molecule has 0 atom stereocenters. The largest absolute Gasteiger partial charge is 0.319 e. The number of halogens is 3. The van der Waals surface area contributed by atoms with Crippen molar-refractivity contribution in [2.24, 2.45) is 0 Å². The van der Waals surface area contributed by atoms with Gasteiger partial charge in [0.1, 0.15) is 0 Å². The van der Waals surface area contributed by atoms with Gasteiger partial charge in [0.15, 0.2) is 5.82 Å². The molecule has 2 aromatic rings. The zero-order valence-electron chi connectivity index (χ0n) is 10.3. The monoisotopic (exact) mass is 416 g/mol. The van der Waals surface area contributed by atoms with Crippen LogP contribution in [0.15, 0.2) is 45.3 Å². The van der Waals surface area contributed by atoms with Crippen LogP contribution in [0.25, 0.3) is 0 Å². The summed E-state index contributed by atoms with van der Waals surface area (Å²) in [6.45, 7) is 0. The highest BCUT2D eigenvalue weighted by Crippen LogP contribution is 2.25. The van der Waals surface area contributed by atoms with E-state index in [1.807, 2.05) is 0 Å². The Labute approximate surface area is 135 Å². The fourth-order valence-corrected chi connectivity index (χ4v) is 2.81. The maximum atomic E-state index is 13.7. The summed E-state index contributed by atoms with van der Waals surface area (Å²) < 4.78 is 15.0. The number of non-ortho nitro benzene ring substituents is 1. The lowest BCUT2D eigenvalue weighted by atomic mass is 10.2. The number of nitro benzene ring substituents is 1. The average molecular weight is 418 g/mol. The quantitative estimate of drug-likeness (QED) is 0.589. The van der Waals surface area contributed by atoms with E-state index >= 15 is 0 Å². The van der Waals surface area contributed by atoms with Gasteiger partial charge in [-0.25, -0.2) is 4.39 Å². The maximum absolute atomic E-state index is 13.7. The van der Waals surface area contributed by atoms with E-state index in [0.717, 1.165) is 22.7 Å². The smallest absolute Gasteiger partial charge is 0.272 e. The first-order chi connectivity index (χ1) is 9.88. The van der Waals surface area contributed by atoms with Gasteiger partial charge in [0.05, 0.1) is 22.2 Å². The molecule has 0 aromatic heterocycles. The second-order valence-electron chi connectivity index (χ2n) is 4.00. The van der Waals surface area contributed by atoms with Crippen LogP contribution in [0.4, 0.5) is 15.8 Å². The summed E-state index contributed by atoms with van der Waals surface area (Å²) in [6.07, 6.45) is 0. The molecule has 0 spiro atoms. The molecular weight excluding hydrogens is 411 g/mol. The van der Waals surface area contributed by atoms with Crippen LogP contribution >= 0.6 is 31.9 Å². The van der Waals surface area contributed by atoms with Gasteiger partial charge in [-0.2, -0.15) is 0 Å². The van der Waals surface area contributed by atoms with Gasteiger partial charge in [-0.15, -0.1) is 0 Å². The van der Waals surface area contributed by atoms with Crippen molar-refractivity contribution < 1.29 is 14.1 Å². The van der Waals surface area contributed by atoms with E-state index in [2.05, 4.69) is 37.2 Å². The van der Waals surface area contributed by atoms with E-state index in [0.29, 0.717) is 10.0 Å². The molecule has 1 amide bonds. The third-order valence-corrected chi connectivity index (χ3v) is 3.74. The van der Waals surface area contributed by atoms with E-state index in [9.17, 15) is 19.3 Å². The molecule has 2 rings (SSSR count). The SMILES string of the molecule is O=C(Nc1ccc([N+](=O)[O-])cc1F)c1ccc(Br)cc1Br. The van der Waals surface area contributed by atoms with Crippen molar-refractivity contribution in [3.8, 4) is 0 Å². The van der Waals surface area contributed by atoms with Crippen molar-refractivity contribution in [2.45, 2.75) is 0 Å². The van der Waals surface area contributed by atoms with Gasteiger partial charge < -0.3 is 5.32 Å². The van der Waals surface area contributed by atoms with Crippen molar-refractivity contribution >= 4 is 49.1 Å². The average Bonchev–Trinajstić information content (AvgIpc) is 2.40. The van der Waals surface area contributed by atoms with E-state index in [4.69, 9.17) is 0 Å². The number of nitro groups is 1. The molecule has 1 N–H and O–H groups in total. The standard InChI is InChI=1S/C13H7Br2FN2O3/c14-7-1-3-9(10(15)5-7)13(19)17-12-4-2-8(18(20)21)6-11(12)16/h1-6H,(H,17,19). The van der Waals surface area contributed by atoms with E-state index in [1.165, 1.54) is 0 Å². The van der Waals surface area contributed by atoms with E-state index in [1.54, 1.807) is 18.2 Å². The van der Waals surface area contributed by atoms with Gasteiger partial charge in [-0.1, -0.05) is 15.9 Å². The molecule has 5 nitrogen and oxygen atoms in total. The zero-order chi connectivity index (χ0) is 15.6. The number of hydrogen-bond donors (Lipinski definition) is 1. The molecule has 2 aromatic carbocycles. The van der Waals surface area contributed by atoms with Gasteiger partial charge in [0, 0.05) is 15.0 Å². The zero-order valence-corrected chi connectivity index (χ0v) is 13.4. The topological polar surface area (TPSA) is 72.2 Å². The lowest BCUT2D eigenvalue weighted by Gasteiger charge is -2.08. The van der Waals surface area contributed by atoms with Crippen LogP contribution in [-0.2, 0) is 0 Å². The van der Waals surface area contributed by atoms with Crippen molar-refractivity contribution in [3.63, 3.8) is 0 Å². The number of nitrogens with zero attached hydrogens (tertiary/aromatic N) is 1. The molecule has 0 aliphatic heterocycles. The van der Waals surface area contributed by atoms with Gasteiger partial charge >= 0.3 is 0 Å². The molecule has 0 bridgehead atoms. The molecule has 0 heterocycles. The number of carbonyl (C=O) groups excluding carboxylic acids is 1. The van der Waals surface area contributed by atoms with Crippen molar-refractivity contribution in [1.29, 1.82) is 0 Å². The lowest BCUT2D eigenvalue weighted by Crippen LogP contribution is -2.13. The summed E-state index contributed by atoms with van der Waals surface area (Å²) in [7, 11) is 0. The van der Waals surface area contributed by atoms with Crippen LogP contribution in [0.3, 0.4) is 0 Å². The Kier molecular flexibility index (Phi) is 4.69. The minimum Gasteiger partial charge on any atom is -0.319 e. The highest BCUT2D eigenvalue weighted by Gasteiger charge is 2.15. The predicted molar refractivity (Wildman–Crippen MR) is 82.8 cm³/mol. The Bertz CT molecular complexity index is 737. The molecule has 0 fully saturated rings. The van der Waals surface area contributed by atoms with Crippen LogP contribution in [-0.4, -0.2) is 10.8 Å². The van der Waals surface area contributed by atoms with Crippen LogP contribution in [0.1, 0.15) is 10.4 Å². The fourth-order valence-electron chi connectivity index (χ4n) is 1.58. The first kappa shape index (κ1) is 15.6. The van der Waals surface area contributed by atoms with Crippen LogP contribution in [0.2, 0.25) is 0 Å². The van der Waals surface area contributed by atoms with Crippen LogP contribution < -0.4 is 5.32 Å². The van der Waals surface area contributed by atoms with Gasteiger partial charge in [0.25, 0.3) is 11.6 Å². The van der Waals surface area contributed by atoms with Gasteiger partial charge in [-0.05, 0) is 40.2 Å². The number of amides is 1. The first-order valence-corrected chi connectivity index (χ1v) is 7.17. The summed E-state index contributed by atoms with van der Waals surface area (Å²) >= 11 is 6.50. The van der Waals surface area contributed by atoms with Crippen molar-refractivity contribution in [3.05, 3.63) is 66.8 Å². The summed E-state index contributed by atoms with van der Waals surface area (Å²) in [5.74, 6) is -1.40. The molecule has 0 aliphatic carbocycles. The number of rotatable bonds is 3. The number of benzene rings is 2. The normalized spacial score (nSPS) is 10.2. The minimum atomic E-state index is -0.870. The molecular formula is C13H7Br2FN2O3. The predicted octanol–water partition coefficient (Wildman–Crippen LogP) is 4.51. The second kappa shape index (κ2) is 6.31. The van der Waals surface area contributed by atoms with Crippen LogP contribution in [0, 0.1) is 15.9 Å². The molecule has 0 unspecified atom stereocenters. The number of anilines is 1. The molecule has 0 saturated heterocycles. The van der Waals surface area contributed by atoms with Gasteiger partial charge in [0.2, 0.25) is 0 Å². The van der Waals surface area contributed by atoms with Gasteiger partial charge in [-0.3, -0.25) is 14.9 Å². The van der Waals surface area contributed by atoms with E-state index in [-0.39, 0.29) is 11.4 Å². The summed E-state index contributed by atoms with van der Waals surface area (Å²) in [6, 6.07) is 7.94. The lowest BCUT2D eigenvalue weighted by molar-refractivity contribution is -0.385. The number of hydrogen-bond acceptors (Lipinski definition) is 3. The molecule has 21 heavy (non-hydrogen) atoms. The van der Waals surface area contributed by atoms with Crippen molar-refractivity contribution in [1.82, 2.24) is 0 Å². The molecule has 0 aliphatic rings. The first-order valence-electron chi connectivity index (χ1n) is 5.59. The Morgan fingerprint density at radius 1 is 1.19 bits per heavy atom. The number of carbonyl (C=O) groups is 1. The highest BCUT2D eigenvalue weighted by molar-refractivity contribution is 9.11. The highest BCUT2D eigenvalue weighted by atomic mass is 79.9. The number of nitrogens with one attached hydrogen (secondary N) is 1. The maximum Gasteiger partial charge on any atom is 0.272 e. The Morgan fingerprint density at radius 3 is 2.48 bits per heavy atom. The minimum absolute atomic E-state index is 0.125. The summed E-state index contributed by atoms with van der Waals surface area (Å²) in [5, 5.41) is 12.9. The Morgan fingerprint density at radius 2 is 1.90 bits per heavy atom. The Balaban J connectivity index is 2.25. The molecule has 0 radical (unpaired) electrons. The van der Waals surface area contributed by atoms with Crippen LogP contribution in [0.5, 0.6) is 0 Å². The summed E-state index contributed by atoms with van der Waals surface area (Å²) in [4.78, 5) is 21.9. The second-order valence-corrected chi connectivity index (χ2v) is 5.77. The van der Waals surface area contributed by atoms with E-state index < -0.39 is 16.6 Å². The third kappa shape index (κ3) is 3.64. The molecule has 108 valence electrons.